The lowest BCUT2D eigenvalue weighted by Gasteiger charge is -2.07. The van der Waals surface area contributed by atoms with Gasteiger partial charge in [0.15, 0.2) is 0 Å². The number of rotatable bonds is 3. The van der Waals surface area contributed by atoms with Crippen LogP contribution in [0.1, 0.15) is 28.5 Å². The fourth-order valence-corrected chi connectivity index (χ4v) is 2.47. The molecular weight excluding hydrogens is 292 g/mol. The highest BCUT2D eigenvalue weighted by Crippen LogP contribution is 2.24. The smallest absolute Gasteiger partial charge is 0.338 e. The molecule has 0 saturated heterocycles. The Kier molecular flexibility index (Phi) is 3.77. The zero-order valence-corrected chi connectivity index (χ0v) is 12.8. The second kappa shape index (κ2) is 5.89. The molecule has 1 aromatic carbocycles. The molecule has 0 bridgehead atoms. The Morgan fingerprint density at radius 2 is 2.04 bits per heavy atom. The van der Waals surface area contributed by atoms with E-state index in [9.17, 15) is 10.1 Å². The van der Waals surface area contributed by atoms with Crippen molar-refractivity contribution in [1.82, 2.24) is 14.5 Å². The van der Waals surface area contributed by atoms with E-state index < -0.39 is 0 Å². The number of benzene rings is 1. The summed E-state index contributed by atoms with van der Waals surface area (Å²) >= 11 is 0. The Bertz CT molecular complexity index is 920. The van der Waals surface area contributed by atoms with Crippen LogP contribution in [0.25, 0.3) is 16.7 Å². The predicted octanol–water partition coefficient (Wildman–Crippen LogP) is 2.78. The van der Waals surface area contributed by atoms with E-state index in [0.29, 0.717) is 23.3 Å². The van der Waals surface area contributed by atoms with Crippen LogP contribution in [0.3, 0.4) is 0 Å². The minimum absolute atomic E-state index is 0.338. The van der Waals surface area contributed by atoms with Crippen LogP contribution in [-0.4, -0.2) is 27.1 Å². The van der Waals surface area contributed by atoms with Crippen molar-refractivity contribution >= 4 is 17.0 Å². The normalized spacial score (nSPS) is 10.5. The van der Waals surface area contributed by atoms with Gasteiger partial charge in [-0.25, -0.2) is 14.8 Å². The van der Waals surface area contributed by atoms with Crippen LogP contribution in [0.15, 0.2) is 36.8 Å². The molecule has 3 aromatic rings. The Balaban J connectivity index is 2.11. The van der Waals surface area contributed by atoms with Crippen molar-refractivity contribution in [3.05, 3.63) is 53.6 Å². The molecule has 0 amide bonds. The lowest BCUT2D eigenvalue weighted by molar-refractivity contribution is 0.0526. The summed E-state index contributed by atoms with van der Waals surface area (Å²) in [7, 11) is 0. The van der Waals surface area contributed by atoms with Gasteiger partial charge in [-0.05, 0) is 38.1 Å². The molecule has 0 unspecified atom stereocenters. The Morgan fingerprint density at radius 1 is 1.30 bits per heavy atom. The Morgan fingerprint density at radius 3 is 2.70 bits per heavy atom. The van der Waals surface area contributed by atoms with Crippen molar-refractivity contribution in [2.75, 3.05) is 6.61 Å². The second-order valence-electron chi connectivity index (χ2n) is 4.95. The monoisotopic (exact) mass is 306 g/mol. The van der Waals surface area contributed by atoms with Gasteiger partial charge < -0.3 is 9.30 Å². The van der Waals surface area contributed by atoms with Crippen molar-refractivity contribution < 1.29 is 9.53 Å². The van der Waals surface area contributed by atoms with E-state index in [-0.39, 0.29) is 5.97 Å². The van der Waals surface area contributed by atoms with Gasteiger partial charge in [0, 0.05) is 11.9 Å². The second-order valence-corrected chi connectivity index (χ2v) is 4.95. The first-order valence-electron chi connectivity index (χ1n) is 7.16. The summed E-state index contributed by atoms with van der Waals surface area (Å²) in [5.41, 5.74) is 3.98. The van der Waals surface area contributed by atoms with E-state index in [4.69, 9.17) is 4.74 Å². The minimum atomic E-state index is -0.353. The van der Waals surface area contributed by atoms with E-state index in [1.807, 2.05) is 11.5 Å². The first kappa shape index (κ1) is 14.7. The lowest BCUT2D eigenvalue weighted by Crippen LogP contribution is -2.04. The molecule has 0 saturated carbocycles. The summed E-state index contributed by atoms with van der Waals surface area (Å²) in [6.07, 6.45) is 3.18. The average Bonchev–Trinajstić information content (AvgIpc) is 2.95. The first-order chi connectivity index (χ1) is 11.2. The quantitative estimate of drug-likeness (QED) is 0.695. The highest BCUT2D eigenvalue weighted by atomic mass is 16.5. The first-order valence-corrected chi connectivity index (χ1v) is 7.16. The molecule has 2 heterocycles. The lowest BCUT2D eigenvalue weighted by atomic mass is 10.2. The SMILES string of the molecule is CCOC(=O)c1ccc(-n2cc(C#N)c3ncnc(C)c32)cc1. The third-order valence-corrected chi connectivity index (χ3v) is 3.54. The fourth-order valence-electron chi connectivity index (χ4n) is 2.47. The van der Waals surface area contributed by atoms with E-state index >= 15 is 0 Å². The van der Waals surface area contributed by atoms with Gasteiger partial charge in [-0.3, -0.25) is 0 Å². The molecule has 0 atom stereocenters. The Labute approximate surface area is 133 Å². The number of fused-ring (bicyclic) bond motifs is 1. The van der Waals surface area contributed by atoms with Crippen molar-refractivity contribution in [2.24, 2.45) is 0 Å². The molecule has 3 rings (SSSR count). The van der Waals surface area contributed by atoms with Gasteiger partial charge in [0.25, 0.3) is 0 Å². The van der Waals surface area contributed by atoms with Gasteiger partial charge in [0.05, 0.1) is 28.9 Å². The maximum atomic E-state index is 11.7. The van der Waals surface area contributed by atoms with Gasteiger partial charge in [-0.2, -0.15) is 5.26 Å². The summed E-state index contributed by atoms with van der Waals surface area (Å²) in [6, 6.07) is 9.16. The summed E-state index contributed by atoms with van der Waals surface area (Å²) < 4.78 is 6.83. The molecule has 23 heavy (non-hydrogen) atoms. The van der Waals surface area contributed by atoms with Crippen molar-refractivity contribution in [2.45, 2.75) is 13.8 Å². The molecule has 0 spiro atoms. The van der Waals surface area contributed by atoms with Crippen molar-refractivity contribution in [1.29, 1.82) is 5.26 Å². The highest BCUT2D eigenvalue weighted by molar-refractivity contribution is 5.90. The van der Waals surface area contributed by atoms with E-state index in [0.717, 1.165) is 16.9 Å². The number of hydrogen-bond donors (Lipinski definition) is 0. The molecule has 0 N–H and O–H groups in total. The maximum absolute atomic E-state index is 11.7. The van der Waals surface area contributed by atoms with Crippen molar-refractivity contribution in [3.8, 4) is 11.8 Å². The van der Waals surface area contributed by atoms with Crippen LogP contribution in [0.4, 0.5) is 0 Å². The average molecular weight is 306 g/mol. The number of nitriles is 1. The zero-order valence-electron chi connectivity index (χ0n) is 12.8. The van der Waals surface area contributed by atoms with Gasteiger partial charge in [0.2, 0.25) is 0 Å². The molecule has 2 aromatic heterocycles. The van der Waals surface area contributed by atoms with Gasteiger partial charge in [-0.1, -0.05) is 0 Å². The van der Waals surface area contributed by atoms with Gasteiger partial charge in [0.1, 0.15) is 17.9 Å². The van der Waals surface area contributed by atoms with E-state index in [2.05, 4.69) is 16.0 Å². The number of esters is 1. The summed E-state index contributed by atoms with van der Waals surface area (Å²) in [6.45, 7) is 3.98. The fraction of sp³-hybridized carbons (Fsp3) is 0.176. The third-order valence-electron chi connectivity index (χ3n) is 3.54. The molecule has 0 aliphatic rings. The largest absolute Gasteiger partial charge is 0.462 e. The molecule has 0 aliphatic carbocycles. The Hall–Kier alpha value is -3.20. The van der Waals surface area contributed by atoms with Crippen LogP contribution in [0.5, 0.6) is 0 Å². The summed E-state index contributed by atoms with van der Waals surface area (Å²) in [5, 5.41) is 9.28. The maximum Gasteiger partial charge on any atom is 0.338 e. The number of nitrogens with zero attached hydrogens (tertiary/aromatic N) is 4. The van der Waals surface area contributed by atoms with Crippen LogP contribution in [0, 0.1) is 18.3 Å². The van der Waals surface area contributed by atoms with E-state index in [1.54, 1.807) is 37.4 Å². The summed E-state index contributed by atoms with van der Waals surface area (Å²) in [5.74, 6) is -0.353. The van der Waals surface area contributed by atoms with Crippen LogP contribution < -0.4 is 0 Å². The number of aryl methyl sites for hydroxylation is 1. The zero-order chi connectivity index (χ0) is 16.4. The molecule has 0 aliphatic heterocycles. The molecule has 0 fully saturated rings. The van der Waals surface area contributed by atoms with Crippen LogP contribution >= 0.6 is 0 Å². The molecule has 6 nitrogen and oxygen atoms in total. The highest BCUT2D eigenvalue weighted by Gasteiger charge is 2.14. The topological polar surface area (TPSA) is 80.8 Å². The standard InChI is InChI=1S/C17H14N4O2/c1-3-23-17(22)12-4-6-14(7-5-12)21-9-13(8-18)15-16(21)11(2)19-10-20-15/h4-7,9-10H,3H2,1-2H3. The number of carbonyl (C=O) groups excluding carboxylic acids is 1. The number of aromatic nitrogens is 3. The molecule has 6 heteroatoms. The molecule has 0 radical (unpaired) electrons. The predicted molar refractivity (Wildman–Crippen MR) is 84.3 cm³/mol. The van der Waals surface area contributed by atoms with Gasteiger partial charge >= 0.3 is 5.97 Å². The molecular formula is C17H14N4O2. The van der Waals surface area contributed by atoms with Crippen molar-refractivity contribution in [3.63, 3.8) is 0 Å². The summed E-state index contributed by atoms with van der Waals surface area (Å²) in [4.78, 5) is 20.1. The molecule has 114 valence electrons. The van der Waals surface area contributed by atoms with Crippen LogP contribution in [-0.2, 0) is 4.74 Å². The van der Waals surface area contributed by atoms with Gasteiger partial charge in [-0.15, -0.1) is 0 Å². The minimum Gasteiger partial charge on any atom is -0.462 e. The number of hydrogen-bond acceptors (Lipinski definition) is 5. The van der Waals surface area contributed by atoms with E-state index in [1.165, 1.54) is 6.33 Å². The number of carbonyl (C=O) groups is 1. The third kappa shape index (κ3) is 2.53. The number of ether oxygens (including phenoxy) is 1. The van der Waals surface area contributed by atoms with Crippen LogP contribution in [0.2, 0.25) is 0 Å².